The Morgan fingerprint density at radius 1 is 1.38 bits per heavy atom. The van der Waals surface area contributed by atoms with Crippen molar-refractivity contribution >= 4 is 5.91 Å². The van der Waals surface area contributed by atoms with Crippen molar-refractivity contribution in [1.29, 1.82) is 0 Å². The van der Waals surface area contributed by atoms with E-state index in [1.54, 1.807) is 0 Å². The summed E-state index contributed by atoms with van der Waals surface area (Å²) in [6, 6.07) is -0.0534. The number of carbonyl (C=O) groups excluding carboxylic acids is 1. The molecule has 0 saturated heterocycles. The highest BCUT2D eigenvalue weighted by molar-refractivity contribution is 5.81. The Labute approximate surface area is 81.5 Å². The number of amides is 1. The third-order valence-corrected chi connectivity index (χ3v) is 1.95. The van der Waals surface area contributed by atoms with Crippen molar-refractivity contribution in [3.05, 3.63) is 0 Å². The molecule has 0 aromatic carbocycles. The van der Waals surface area contributed by atoms with Crippen LogP contribution in [0.2, 0.25) is 0 Å². The third kappa shape index (κ3) is 5.64. The Balaban J connectivity index is 3.89. The van der Waals surface area contributed by atoms with Crippen molar-refractivity contribution in [3.63, 3.8) is 0 Å². The van der Waals surface area contributed by atoms with Crippen molar-refractivity contribution < 1.29 is 4.79 Å². The molecule has 0 spiro atoms. The maximum Gasteiger partial charge on any atom is 0.237 e. The first kappa shape index (κ1) is 12.4. The first-order valence-corrected chi connectivity index (χ1v) is 4.68. The first-order valence-electron chi connectivity index (χ1n) is 4.68. The maximum atomic E-state index is 11.5. The van der Waals surface area contributed by atoms with Gasteiger partial charge in [-0.05, 0) is 26.4 Å². The molecule has 0 bridgehead atoms. The summed E-state index contributed by atoms with van der Waals surface area (Å²) in [7, 11) is 3.81. The number of hydrogen-bond acceptors (Lipinski definition) is 2. The van der Waals surface area contributed by atoms with E-state index in [-0.39, 0.29) is 17.4 Å². The molecule has 1 N–H and O–H groups in total. The lowest BCUT2D eigenvalue weighted by molar-refractivity contribution is -0.125. The summed E-state index contributed by atoms with van der Waals surface area (Å²) in [4.78, 5) is 13.4. The molecule has 78 valence electrons. The smallest absolute Gasteiger partial charge is 0.237 e. The molecule has 0 saturated carbocycles. The highest BCUT2D eigenvalue weighted by Crippen LogP contribution is 2.10. The van der Waals surface area contributed by atoms with Crippen LogP contribution in [0.15, 0.2) is 0 Å². The number of nitrogens with zero attached hydrogens (tertiary/aromatic N) is 1. The van der Waals surface area contributed by atoms with Crippen LogP contribution in [0.25, 0.3) is 0 Å². The van der Waals surface area contributed by atoms with E-state index >= 15 is 0 Å². The summed E-state index contributed by atoms with van der Waals surface area (Å²) >= 11 is 0. The molecule has 0 aromatic heterocycles. The molecule has 0 aliphatic heterocycles. The summed E-state index contributed by atoms with van der Waals surface area (Å²) in [5.41, 5.74) is 0.154. The van der Waals surface area contributed by atoms with Crippen LogP contribution in [0.1, 0.15) is 27.7 Å². The minimum absolute atomic E-state index is 0.0534. The second kappa shape index (κ2) is 4.61. The Morgan fingerprint density at radius 3 is 2.15 bits per heavy atom. The summed E-state index contributed by atoms with van der Waals surface area (Å²) < 4.78 is 0. The Kier molecular flexibility index (Phi) is 4.40. The lowest BCUT2D eigenvalue weighted by Crippen LogP contribution is -2.44. The van der Waals surface area contributed by atoms with Gasteiger partial charge in [-0.2, -0.15) is 0 Å². The molecular formula is C10H22N2O. The summed E-state index contributed by atoms with van der Waals surface area (Å²) in [5, 5.41) is 2.92. The average molecular weight is 186 g/mol. The van der Waals surface area contributed by atoms with Gasteiger partial charge in [0.15, 0.2) is 0 Å². The summed E-state index contributed by atoms with van der Waals surface area (Å²) in [6.45, 7) is 8.94. The summed E-state index contributed by atoms with van der Waals surface area (Å²) in [5.74, 6) is 0.0972. The molecule has 0 heterocycles. The molecule has 0 fully saturated rings. The van der Waals surface area contributed by atoms with Crippen molar-refractivity contribution in [2.75, 3.05) is 20.6 Å². The van der Waals surface area contributed by atoms with Crippen LogP contribution in [-0.4, -0.2) is 37.5 Å². The standard InChI is InChI=1S/C10H22N2O/c1-8(12(5)6)9(13)11-7-10(2,3)4/h8H,7H2,1-6H3,(H,11,13). The van der Waals surface area contributed by atoms with E-state index < -0.39 is 0 Å². The molecule has 0 aliphatic rings. The SMILES string of the molecule is CC(C(=O)NCC(C)(C)C)N(C)C. The second-order valence-corrected chi connectivity index (χ2v) is 4.92. The van der Waals surface area contributed by atoms with Crippen LogP contribution in [0.4, 0.5) is 0 Å². The third-order valence-electron chi connectivity index (χ3n) is 1.95. The molecule has 13 heavy (non-hydrogen) atoms. The van der Waals surface area contributed by atoms with Crippen LogP contribution in [-0.2, 0) is 4.79 Å². The molecule has 1 unspecified atom stereocenters. The van der Waals surface area contributed by atoms with Gasteiger partial charge in [0.2, 0.25) is 5.91 Å². The normalized spacial score (nSPS) is 14.4. The quantitative estimate of drug-likeness (QED) is 0.716. The topological polar surface area (TPSA) is 32.3 Å². The first-order chi connectivity index (χ1) is 5.74. The van der Waals surface area contributed by atoms with E-state index in [2.05, 4.69) is 26.1 Å². The zero-order valence-electron chi connectivity index (χ0n) is 9.64. The van der Waals surface area contributed by atoms with E-state index in [0.29, 0.717) is 0 Å². The van der Waals surface area contributed by atoms with Crippen molar-refractivity contribution in [3.8, 4) is 0 Å². The number of hydrogen-bond donors (Lipinski definition) is 1. The molecular weight excluding hydrogens is 164 g/mol. The molecule has 0 rings (SSSR count). The Bertz CT molecular complexity index is 170. The molecule has 0 aromatic rings. The number of nitrogens with one attached hydrogen (secondary N) is 1. The van der Waals surface area contributed by atoms with Crippen LogP contribution >= 0.6 is 0 Å². The summed E-state index contributed by atoms with van der Waals surface area (Å²) in [6.07, 6.45) is 0. The van der Waals surface area contributed by atoms with Gasteiger partial charge in [-0.25, -0.2) is 0 Å². The van der Waals surface area contributed by atoms with E-state index in [1.807, 2.05) is 25.9 Å². The van der Waals surface area contributed by atoms with Crippen LogP contribution in [0, 0.1) is 5.41 Å². The monoisotopic (exact) mass is 186 g/mol. The highest BCUT2D eigenvalue weighted by atomic mass is 16.2. The van der Waals surface area contributed by atoms with Gasteiger partial charge in [-0.1, -0.05) is 20.8 Å². The van der Waals surface area contributed by atoms with Gasteiger partial charge in [0.1, 0.15) is 0 Å². The second-order valence-electron chi connectivity index (χ2n) is 4.92. The van der Waals surface area contributed by atoms with Gasteiger partial charge in [0.05, 0.1) is 6.04 Å². The van der Waals surface area contributed by atoms with Crippen LogP contribution < -0.4 is 5.32 Å². The van der Waals surface area contributed by atoms with Gasteiger partial charge in [-0.3, -0.25) is 9.69 Å². The van der Waals surface area contributed by atoms with Gasteiger partial charge in [0.25, 0.3) is 0 Å². The molecule has 0 radical (unpaired) electrons. The van der Waals surface area contributed by atoms with Gasteiger partial charge < -0.3 is 5.32 Å². The minimum atomic E-state index is -0.0534. The fourth-order valence-corrected chi connectivity index (χ4v) is 0.734. The predicted molar refractivity (Wildman–Crippen MR) is 55.6 cm³/mol. The van der Waals surface area contributed by atoms with Gasteiger partial charge in [0, 0.05) is 6.54 Å². The molecule has 3 nitrogen and oxygen atoms in total. The molecule has 1 atom stereocenters. The van der Waals surface area contributed by atoms with E-state index in [9.17, 15) is 4.79 Å². The number of likely N-dealkylation sites (N-methyl/N-ethyl adjacent to an activating group) is 1. The van der Waals surface area contributed by atoms with E-state index in [0.717, 1.165) is 6.54 Å². The largest absolute Gasteiger partial charge is 0.354 e. The Morgan fingerprint density at radius 2 is 1.85 bits per heavy atom. The number of rotatable bonds is 3. The molecule has 3 heteroatoms. The zero-order valence-corrected chi connectivity index (χ0v) is 9.64. The minimum Gasteiger partial charge on any atom is -0.354 e. The fraction of sp³-hybridized carbons (Fsp3) is 0.900. The highest BCUT2D eigenvalue weighted by Gasteiger charge is 2.17. The molecule has 0 aliphatic carbocycles. The van der Waals surface area contributed by atoms with Gasteiger partial charge in [-0.15, -0.1) is 0 Å². The number of carbonyl (C=O) groups is 1. The van der Waals surface area contributed by atoms with Crippen molar-refractivity contribution in [1.82, 2.24) is 10.2 Å². The fourth-order valence-electron chi connectivity index (χ4n) is 0.734. The van der Waals surface area contributed by atoms with Gasteiger partial charge >= 0.3 is 0 Å². The zero-order chi connectivity index (χ0) is 10.6. The van der Waals surface area contributed by atoms with E-state index in [4.69, 9.17) is 0 Å². The Hall–Kier alpha value is -0.570. The van der Waals surface area contributed by atoms with Crippen molar-refractivity contribution in [2.24, 2.45) is 5.41 Å². The molecule has 1 amide bonds. The van der Waals surface area contributed by atoms with Crippen LogP contribution in [0.5, 0.6) is 0 Å². The predicted octanol–water partition coefficient (Wildman–Crippen LogP) is 1.10. The lowest BCUT2D eigenvalue weighted by atomic mass is 9.97. The van der Waals surface area contributed by atoms with E-state index in [1.165, 1.54) is 0 Å². The average Bonchev–Trinajstić information content (AvgIpc) is 1.97. The van der Waals surface area contributed by atoms with Crippen molar-refractivity contribution in [2.45, 2.75) is 33.7 Å². The maximum absolute atomic E-state index is 11.5. The lowest BCUT2D eigenvalue weighted by Gasteiger charge is -2.23. The van der Waals surface area contributed by atoms with Crippen LogP contribution in [0.3, 0.4) is 0 Å².